The maximum atomic E-state index is 5.95. The van der Waals surface area contributed by atoms with Gasteiger partial charge in [-0.2, -0.15) is 0 Å². The topological polar surface area (TPSA) is 12.5 Å². The van der Waals surface area contributed by atoms with E-state index in [9.17, 15) is 0 Å². The lowest BCUT2D eigenvalue weighted by molar-refractivity contribution is -0.0596. The van der Waals surface area contributed by atoms with E-state index >= 15 is 0 Å². The Kier molecular flexibility index (Phi) is 6.72. The SMILES string of the molecule is CC1(C)C(CN2CCC(c3ccccc3)CC2)C[C@@H]1CCOCc1ccccc1. The molecular weight excluding hydrogens is 354 g/mol. The highest BCUT2D eigenvalue weighted by molar-refractivity contribution is 5.20. The molecule has 0 aromatic heterocycles. The van der Waals surface area contributed by atoms with Crippen molar-refractivity contribution < 1.29 is 4.74 Å². The minimum absolute atomic E-state index is 0.451. The number of piperidine rings is 1. The van der Waals surface area contributed by atoms with Crippen molar-refractivity contribution in [2.75, 3.05) is 26.2 Å². The number of hydrogen-bond acceptors (Lipinski definition) is 2. The Morgan fingerprint density at radius 1 is 0.897 bits per heavy atom. The Morgan fingerprint density at radius 3 is 2.21 bits per heavy atom. The molecule has 4 rings (SSSR count). The van der Waals surface area contributed by atoms with Gasteiger partial charge in [-0.25, -0.2) is 0 Å². The summed E-state index contributed by atoms with van der Waals surface area (Å²) in [4.78, 5) is 2.73. The van der Waals surface area contributed by atoms with E-state index in [1.807, 2.05) is 0 Å². The fraction of sp³-hybridized carbons (Fsp3) is 0.556. The zero-order valence-electron chi connectivity index (χ0n) is 18.2. The molecule has 1 saturated carbocycles. The molecule has 2 aromatic rings. The molecule has 0 spiro atoms. The van der Waals surface area contributed by atoms with E-state index in [1.54, 1.807) is 0 Å². The normalized spacial score (nSPS) is 24.9. The van der Waals surface area contributed by atoms with Gasteiger partial charge in [0.2, 0.25) is 0 Å². The number of likely N-dealkylation sites (tertiary alicyclic amines) is 1. The van der Waals surface area contributed by atoms with Gasteiger partial charge in [-0.15, -0.1) is 0 Å². The summed E-state index contributed by atoms with van der Waals surface area (Å²) >= 11 is 0. The first-order valence-corrected chi connectivity index (χ1v) is 11.5. The molecule has 2 heteroatoms. The molecule has 2 nitrogen and oxygen atoms in total. The summed E-state index contributed by atoms with van der Waals surface area (Å²) in [6, 6.07) is 21.6. The first kappa shape index (κ1) is 20.6. The van der Waals surface area contributed by atoms with Crippen molar-refractivity contribution in [3.05, 3.63) is 71.8 Å². The third kappa shape index (κ3) is 5.10. The first-order valence-electron chi connectivity index (χ1n) is 11.5. The van der Waals surface area contributed by atoms with Crippen molar-refractivity contribution in [3.63, 3.8) is 0 Å². The van der Waals surface area contributed by atoms with Gasteiger partial charge < -0.3 is 9.64 Å². The van der Waals surface area contributed by atoms with Gasteiger partial charge in [-0.3, -0.25) is 0 Å². The van der Waals surface area contributed by atoms with Crippen LogP contribution in [0.4, 0.5) is 0 Å². The van der Waals surface area contributed by atoms with Gasteiger partial charge in [0, 0.05) is 13.2 Å². The van der Waals surface area contributed by atoms with E-state index in [0.717, 1.165) is 31.0 Å². The fourth-order valence-corrected chi connectivity index (χ4v) is 5.40. The van der Waals surface area contributed by atoms with Crippen LogP contribution in [0.15, 0.2) is 60.7 Å². The van der Waals surface area contributed by atoms with Crippen LogP contribution in [0.2, 0.25) is 0 Å². The summed E-state index contributed by atoms with van der Waals surface area (Å²) in [6.45, 7) is 10.4. The zero-order chi connectivity index (χ0) is 20.1. The van der Waals surface area contributed by atoms with Gasteiger partial charge in [0.05, 0.1) is 6.61 Å². The highest BCUT2D eigenvalue weighted by atomic mass is 16.5. The van der Waals surface area contributed by atoms with Crippen LogP contribution in [0, 0.1) is 17.3 Å². The predicted molar refractivity (Wildman–Crippen MR) is 121 cm³/mol. The molecule has 1 saturated heterocycles. The molecule has 1 heterocycles. The first-order chi connectivity index (χ1) is 14.1. The van der Waals surface area contributed by atoms with Gasteiger partial charge in [-0.05, 0) is 73.1 Å². The standard InChI is InChI=1S/C27H37NO/c1-27(2)25(15-18-29-21-22-9-5-3-6-10-22)19-26(27)20-28-16-13-24(14-17-28)23-11-7-4-8-12-23/h3-12,24-26H,13-21H2,1-2H3/t25-,26?/m0/s1. The average Bonchev–Trinajstić information content (AvgIpc) is 2.77. The summed E-state index contributed by atoms with van der Waals surface area (Å²) in [5.74, 6) is 2.41. The van der Waals surface area contributed by atoms with Crippen LogP contribution in [0.5, 0.6) is 0 Å². The van der Waals surface area contributed by atoms with Crippen LogP contribution in [0.3, 0.4) is 0 Å². The third-order valence-corrected chi connectivity index (χ3v) is 7.73. The van der Waals surface area contributed by atoms with Crippen molar-refractivity contribution in [3.8, 4) is 0 Å². The predicted octanol–water partition coefficient (Wildman–Crippen LogP) is 6.14. The number of rotatable bonds is 8. The highest BCUT2D eigenvalue weighted by Gasteiger charge is 2.47. The molecule has 156 valence electrons. The molecule has 2 atom stereocenters. The van der Waals surface area contributed by atoms with Crippen LogP contribution in [-0.4, -0.2) is 31.1 Å². The van der Waals surface area contributed by atoms with E-state index in [4.69, 9.17) is 4.74 Å². The Morgan fingerprint density at radius 2 is 1.55 bits per heavy atom. The molecule has 29 heavy (non-hydrogen) atoms. The van der Waals surface area contributed by atoms with Gasteiger partial charge in [0.25, 0.3) is 0 Å². The van der Waals surface area contributed by atoms with E-state index in [2.05, 4.69) is 79.4 Å². The number of nitrogens with zero attached hydrogens (tertiary/aromatic N) is 1. The molecule has 1 aliphatic heterocycles. The molecule has 1 aliphatic carbocycles. The van der Waals surface area contributed by atoms with E-state index in [-0.39, 0.29) is 0 Å². The van der Waals surface area contributed by atoms with Crippen LogP contribution >= 0.6 is 0 Å². The lowest BCUT2D eigenvalue weighted by atomic mass is 9.53. The molecular formula is C27H37NO. The lowest BCUT2D eigenvalue weighted by Crippen LogP contribution is -2.51. The zero-order valence-corrected chi connectivity index (χ0v) is 18.2. The minimum Gasteiger partial charge on any atom is -0.377 e. The van der Waals surface area contributed by atoms with Crippen molar-refractivity contribution in [2.45, 2.75) is 52.1 Å². The van der Waals surface area contributed by atoms with Gasteiger partial charge in [0.15, 0.2) is 0 Å². The Bertz CT molecular complexity index is 734. The Labute approximate surface area is 177 Å². The largest absolute Gasteiger partial charge is 0.377 e. The van der Waals surface area contributed by atoms with E-state index in [1.165, 1.54) is 56.4 Å². The highest BCUT2D eigenvalue weighted by Crippen LogP contribution is 2.53. The summed E-state index contributed by atoms with van der Waals surface area (Å²) in [7, 11) is 0. The van der Waals surface area contributed by atoms with Crippen LogP contribution in [-0.2, 0) is 11.3 Å². The summed E-state index contributed by atoms with van der Waals surface area (Å²) in [5.41, 5.74) is 3.26. The van der Waals surface area contributed by atoms with Gasteiger partial charge in [0.1, 0.15) is 0 Å². The summed E-state index contributed by atoms with van der Waals surface area (Å²) in [5, 5.41) is 0. The monoisotopic (exact) mass is 391 g/mol. The van der Waals surface area contributed by atoms with Gasteiger partial charge >= 0.3 is 0 Å². The van der Waals surface area contributed by atoms with Crippen LogP contribution in [0.25, 0.3) is 0 Å². The van der Waals surface area contributed by atoms with Gasteiger partial charge in [-0.1, -0.05) is 74.5 Å². The molecule has 2 aliphatic rings. The van der Waals surface area contributed by atoms with Crippen LogP contribution < -0.4 is 0 Å². The maximum Gasteiger partial charge on any atom is 0.0716 e. The van der Waals surface area contributed by atoms with E-state index < -0.39 is 0 Å². The summed E-state index contributed by atoms with van der Waals surface area (Å²) in [6.07, 6.45) is 5.20. The molecule has 0 amide bonds. The average molecular weight is 392 g/mol. The second-order valence-corrected chi connectivity index (χ2v) is 9.76. The van der Waals surface area contributed by atoms with Crippen molar-refractivity contribution in [1.82, 2.24) is 4.90 Å². The third-order valence-electron chi connectivity index (χ3n) is 7.73. The van der Waals surface area contributed by atoms with Crippen molar-refractivity contribution in [1.29, 1.82) is 0 Å². The Hall–Kier alpha value is -1.64. The fourth-order valence-electron chi connectivity index (χ4n) is 5.40. The summed E-state index contributed by atoms with van der Waals surface area (Å²) < 4.78 is 5.95. The van der Waals surface area contributed by atoms with Crippen molar-refractivity contribution in [2.24, 2.45) is 17.3 Å². The molecule has 2 aromatic carbocycles. The minimum atomic E-state index is 0.451. The van der Waals surface area contributed by atoms with Crippen LogP contribution in [0.1, 0.15) is 56.6 Å². The molecule has 0 radical (unpaired) electrons. The number of ether oxygens (including phenoxy) is 1. The van der Waals surface area contributed by atoms with Crippen molar-refractivity contribution >= 4 is 0 Å². The quantitative estimate of drug-likeness (QED) is 0.502. The number of benzene rings is 2. The second-order valence-electron chi connectivity index (χ2n) is 9.76. The smallest absolute Gasteiger partial charge is 0.0716 e. The molecule has 0 N–H and O–H groups in total. The van der Waals surface area contributed by atoms with E-state index in [0.29, 0.717) is 5.41 Å². The maximum absolute atomic E-state index is 5.95. The Balaban J connectivity index is 1.16. The number of hydrogen-bond donors (Lipinski definition) is 0. The molecule has 2 fully saturated rings. The molecule has 0 bridgehead atoms. The molecule has 1 unspecified atom stereocenters. The second kappa shape index (κ2) is 9.45. The lowest BCUT2D eigenvalue weighted by Gasteiger charge is -2.54.